The van der Waals surface area contributed by atoms with Crippen LogP contribution in [0.2, 0.25) is 0 Å². The Labute approximate surface area is 77.3 Å². The van der Waals surface area contributed by atoms with Crippen molar-refractivity contribution in [3.63, 3.8) is 0 Å². The molecule has 3 nitrogen and oxygen atoms in total. The minimum Gasteiger partial charge on any atom is -0.370 e. The van der Waals surface area contributed by atoms with Crippen LogP contribution < -0.4 is 11.5 Å². The summed E-state index contributed by atoms with van der Waals surface area (Å²) in [5.41, 5.74) is 10.7. The van der Waals surface area contributed by atoms with Gasteiger partial charge in [0.2, 0.25) is 5.91 Å². The van der Waals surface area contributed by atoms with Gasteiger partial charge in [0, 0.05) is 12.0 Å². The molecule has 0 radical (unpaired) electrons. The molecular weight excluding hydrogens is 172 g/mol. The molecule has 0 aliphatic carbocycles. The first-order valence-electron chi connectivity index (χ1n) is 4.17. The summed E-state index contributed by atoms with van der Waals surface area (Å²) in [6.07, 6.45) is 1.42. The standard InChI is InChI=1S/C8H16N2OS/c1-8(10,4-7(9)11)6-2-3-12-5-6/h6H,2-5,10H2,1H3,(H2,9,11). The maximum Gasteiger partial charge on any atom is 0.219 e. The maximum atomic E-state index is 10.7. The van der Waals surface area contributed by atoms with Gasteiger partial charge in [0.05, 0.1) is 0 Å². The molecular formula is C8H16N2OS. The number of carbonyl (C=O) groups excluding carboxylic acids is 1. The van der Waals surface area contributed by atoms with Crippen LogP contribution in [0, 0.1) is 5.92 Å². The van der Waals surface area contributed by atoms with Crippen LogP contribution in [0.15, 0.2) is 0 Å². The van der Waals surface area contributed by atoms with Crippen LogP contribution >= 0.6 is 11.8 Å². The molecule has 0 saturated carbocycles. The van der Waals surface area contributed by atoms with Crippen molar-refractivity contribution >= 4 is 17.7 Å². The third-order valence-corrected chi connectivity index (χ3v) is 3.58. The summed E-state index contributed by atoms with van der Waals surface area (Å²) in [7, 11) is 0. The number of primary amides is 1. The van der Waals surface area contributed by atoms with Crippen molar-refractivity contribution in [3.05, 3.63) is 0 Å². The molecule has 4 heteroatoms. The molecule has 4 N–H and O–H groups in total. The van der Waals surface area contributed by atoms with E-state index in [0.717, 1.165) is 17.9 Å². The van der Waals surface area contributed by atoms with Gasteiger partial charge in [-0.15, -0.1) is 0 Å². The van der Waals surface area contributed by atoms with Crippen LogP contribution in [-0.2, 0) is 4.79 Å². The lowest BCUT2D eigenvalue weighted by molar-refractivity contribution is -0.119. The molecule has 1 aliphatic heterocycles. The molecule has 2 unspecified atom stereocenters. The van der Waals surface area contributed by atoms with Crippen LogP contribution in [0.25, 0.3) is 0 Å². The molecule has 1 saturated heterocycles. The molecule has 1 fully saturated rings. The number of thioether (sulfide) groups is 1. The average molecular weight is 188 g/mol. The fraction of sp³-hybridized carbons (Fsp3) is 0.875. The van der Waals surface area contributed by atoms with E-state index in [1.165, 1.54) is 0 Å². The summed E-state index contributed by atoms with van der Waals surface area (Å²) in [6.45, 7) is 1.92. The summed E-state index contributed by atoms with van der Waals surface area (Å²) < 4.78 is 0. The van der Waals surface area contributed by atoms with Crippen LogP contribution in [0.1, 0.15) is 19.8 Å². The highest BCUT2D eigenvalue weighted by Crippen LogP contribution is 2.32. The molecule has 1 heterocycles. The Morgan fingerprint density at radius 2 is 2.42 bits per heavy atom. The minimum absolute atomic E-state index is 0.295. The van der Waals surface area contributed by atoms with E-state index in [4.69, 9.17) is 11.5 Å². The highest BCUT2D eigenvalue weighted by atomic mass is 32.2. The minimum atomic E-state index is -0.394. The number of nitrogens with two attached hydrogens (primary N) is 2. The smallest absolute Gasteiger partial charge is 0.219 e. The van der Waals surface area contributed by atoms with Gasteiger partial charge in [-0.2, -0.15) is 11.8 Å². The Morgan fingerprint density at radius 3 is 2.83 bits per heavy atom. The van der Waals surface area contributed by atoms with Gasteiger partial charge in [0.1, 0.15) is 0 Å². The van der Waals surface area contributed by atoms with Crippen molar-refractivity contribution in [2.75, 3.05) is 11.5 Å². The van der Waals surface area contributed by atoms with E-state index in [2.05, 4.69) is 0 Å². The second-order valence-electron chi connectivity index (χ2n) is 3.71. The monoisotopic (exact) mass is 188 g/mol. The Balaban J connectivity index is 2.50. The number of carbonyl (C=O) groups is 1. The molecule has 1 rings (SSSR count). The van der Waals surface area contributed by atoms with Crippen LogP contribution in [-0.4, -0.2) is 23.0 Å². The Hall–Kier alpha value is -0.220. The first kappa shape index (κ1) is 9.86. The second-order valence-corrected chi connectivity index (χ2v) is 4.86. The summed E-state index contributed by atoms with van der Waals surface area (Å²) >= 11 is 1.90. The second kappa shape index (κ2) is 3.66. The molecule has 0 bridgehead atoms. The zero-order valence-electron chi connectivity index (χ0n) is 7.38. The van der Waals surface area contributed by atoms with E-state index < -0.39 is 5.54 Å². The zero-order valence-corrected chi connectivity index (χ0v) is 8.19. The van der Waals surface area contributed by atoms with Gasteiger partial charge < -0.3 is 11.5 Å². The Bertz CT molecular complexity index is 176. The van der Waals surface area contributed by atoms with Gasteiger partial charge in [0.25, 0.3) is 0 Å². The molecule has 1 aliphatic rings. The van der Waals surface area contributed by atoms with Crippen molar-refractivity contribution in [1.82, 2.24) is 0 Å². The van der Waals surface area contributed by atoms with Gasteiger partial charge >= 0.3 is 0 Å². The quantitative estimate of drug-likeness (QED) is 0.670. The van der Waals surface area contributed by atoms with E-state index in [0.29, 0.717) is 12.3 Å². The molecule has 0 aromatic heterocycles. The van der Waals surface area contributed by atoms with E-state index >= 15 is 0 Å². The van der Waals surface area contributed by atoms with E-state index in [1.54, 1.807) is 0 Å². The first-order valence-corrected chi connectivity index (χ1v) is 5.33. The molecule has 0 aromatic rings. The number of hydrogen-bond acceptors (Lipinski definition) is 3. The van der Waals surface area contributed by atoms with Crippen molar-refractivity contribution < 1.29 is 4.79 Å². The van der Waals surface area contributed by atoms with Gasteiger partial charge in [-0.05, 0) is 30.8 Å². The SMILES string of the molecule is CC(N)(CC(N)=O)C1CCSC1. The number of rotatable bonds is 3. The van der Waals surface area contributed by atoms with Crippen molar-refractivity contribution in [3.8, 4) is 0 Å². The Kier molecular flexibility index (Phi) is 3.01. The highest BCUT2D eigenvalue weighted by molar-refractivity contribution is 7.99. The van der Waals surface area contributed by atoms with Gasteiger partial charge in [-0.1, -0.05) is 0 Å². The van der Waals surface area contributed by atoms with Crippen LogP contribution in [0.4, 0.5) is 0 Å². The topological polar surface area (TPSA) is 69.1 Å². The van der Waals surface area contributed by atoms with Crippen molar-refractivity contribution in [1.29, 1.82) is 0 Å². The molecule has 0 spiro atoms. The third-order valence-electron chi connectivity index (χ3n) is 2.42. The highest BCUT2D eigenvalue weighted by Gasteiger charge is 2.33. The first-order chi connectivity index (χ1) is 5.52. The van der Waals surface area contributed by atoms with Crippen molar-refractivity contribution in [2.45, 2.75) is 25.3 Å². The molecule has 1 amide bonds. The lowest BCUT2D eigenvalue weighted by atomic mass is 9.83. The number of hydrogen-bond donors (Lipinski definition) is 2. The molecule has 0 aromatic carbocycles. The average Bonchev–Trinajstić information content (AvgIpc) is 2.32. The van der Waals surface area contributed by atoms with Crippen molar-refractivity contribution in [2.24, 2.45) is 17.4 Å². The lowest BCUT2D eigenvalue weighted by Crippen LogP contribution is -2.47. The fourth-order valence-corrected chi connectivity index (χ4v) is 3.02. The normalized spacial score (nSPS) is 28.3. The zero-order chi connectivity index (χ0) is 9.19. The predicted octanol–water partition coefficient (Wildman–Crippen LogP) is 0.332. The van der Waals surface area contributed by atoms with Gasteiger partial charge in [0.15, 0.2) is 0 Å². The molecule has 12 heavy (non-hydrogen) atoms. The largest absolute Gasteiger partial charge is 0.370 e. The third kappa shape index (κ3) is 2.38. The van der Waals surface area contributed by atoms with E-state index in [9.17, 15) is 4.79 Å². The number of amides is 1. The molecule has 2 atom stereocenters. The van der Waals surface area contributed by atoms with Gasteiger partial charge in [-0.25, -0.2) is 0 Å². The Morgan fingerprint density at radius 1 is 1.75 bits per heavy atom. The fourth-order valence-electron chi connectivity index (χ4n) is 1.57. The summed E-state index contributed by atoms with van der Waals surface area (Å²) in [5.74, 6) is 2.39. The maximum absolute atomic E-state index is 10.7. The lowest BCUT2D eigenvalue weighted by Gasteiger charge is -2.29. The summed E-state index contributed by atoms with van der Waals surface area (Å²) in [5, 5.41) is 0. The molecule has 70 valence electrons. The van der Waals surface area contributed by atoms with Gasteiger partial charge in [-0.3, -0.25) is 4.79 Å². The van der Waals surface area contributed by atoms with Crippen LogP contribution in [0.3, 0.4) is 0 Å². The summed E-state index contributed by atoms with van der Waals surface area (Å²) in [6, 6.07) is 0. The van der Waals surface area contributed by atoms with E-state index in [-0.39, 0.29) is 5.91 Å². The van der Waals surface area contributed by atoms with Crippen LogP contribution in [0.5, 0.6) is 0 Å². The summed E-state index contributed by atoms with van der Waals surface area (Å²) in [4.78, 5) is 10.7. The van der Waals surface area contributed by atoms with E-state index in [1.807, 2.05) is 18.7 Å². The predicted molar refractivity (Wildman–Crippen MR) is 51.8 cm³/mol.